The third-order valence-corrected chi connectivity index (χ3v) is 4.79. The molecule has 0 radical (unpaired) electrons. The van der Waals surface area contributed by atoms with Crippen molar-refractivity contribution in [3.8, 4) is 11.3 Å². The van der Waals surface area contributed by atoms with Crippen molar-refractivity contribution in [2.75, 3.05) is 0 Å². The minimum atomic E-state index is 0.675. The van der Waals surface area contributed by atoms with Crippen molar-refractivity contribution in [2.45, 2.75) is 39.2 Å². The summed E-state index contributed by atoms with van der Waals surface area (Å²) in [5.74, 6) is 1.91. The van der Waals surface area contributed by atoms with Gasteiger partial charge in [0, 0.05) is 18.5 Å². The van der Waals surface area contributed by atoms with Crippen LogP contribution in [0.5, 0.6) is 0 Å². The van der Waals surface area contributed by atoms with Gasteiger partial charge in [-0.3, -0.25) is 0 Å². The lowest BCUT2D eigenvalue weighted by atomic mass is 10.1. The molecule has 2 aromatic heterocycles. The van der Waals surface area contributed by atoms with Crippen molar-refractivity contribution in [3.63, 3.8) is 0 Å². The molecule has 1 aromatic carbocycles. The first-order valence-electron chi connectivity index (χ1n) is 7.83. The standard InChI is InChI=1S/C18H18N2OS/c1-12-6-8-13(9-7-12)15-11-14-17(21-15)19-16-5-3-2-4-10-20(16)18(14)22/h6-9,11H,2-5,10H2,1H3. The Morgan fingerprint density at radius 3 is 2.77 bits per heavy atom. The van der Waals surface area contributed by atoms with Crippen LogP contribution in [0.4, 0.5) is 0 Å². The number of nitrogens with zero attached hydrogens (tertiary/aromatic N) is 2. The summed E-state index contributed by atoms with van der Waals surface area (Å²) >= 11 is 5.69. The highest BCUT2D eigenvalue weighted by Gasteiger charge is 2.15. The molecule has 0 fully saturated rings. The van der Waals surface area contributed by atoms with Gasteiger partial charge in [-0.15, -0.1) is 0 Å². The first kappa shape index (κ1) is 13.7. The summed E-state index contributed by atoms with van der Waals surface area (Å²) in [5, 5.41) is 0.955. The van der Waals surface area contributed by atoms with Crippen molar-refractivity contribution < 1.29 is 4.42 Å². The number of hydrogen-bond donors (Lipinski definition) is 0. The van der Waals surface area contributed by atoms with Crippen LogP contribution in [-0.4, -0.2) is 9.55 Å². The Balaban J connectivity index is 1.89. The van der Waals surface area contributed by atoms with Crippen LogP contribution in [0.25, 0.3) is 22.4 Å². The predicted molar refractivity (Wildman–Crippen MR) is 90.6 cm³/mol. The quantitative estimate of drug-likeness (QED) is 0.589. The molecule has 112 valence electrons. The van der Waals surface area contributed by atoms with Gasteiger partial charge >= 0.3 is 0 Å². The molecule has 0 saturated heterocycles. The van der Waals surface area contributed by atoms with Gasteiger partial charge in [0.2, 0.25) is 5.71 Å². The van der Waals surface area contributed by atoms with Crippen LogP contribution in [-0.2, 0) is 13.0 Å². The Kier molecular flexibility index (Phi) is 3.34. The van der Waals surface area contributed by atoms with Gasteiger partial charge in [-0.2, -0.15) is 4.98 Å². The molecule has 1 aliphatic heterocycles. The van der Waals surface area contributed by atoms with Gasteiger partial charge in [0.25, 0.3) is 0 Å². The van der Waals surface area contributed by atoms with Gasteiger partial charge < -0.3 is 8.98 Å². The average molecular weight is 310 g/mol. The van der Waals surface area contributed by atoms with Crippen LogP contribution in [0.15, 0.2) is 34.7 Å². The number of fused-ring (bicyclic) bond motifs is 2. The molecule has 0 atom stereocenters. The average Bonchev–Trinajstić information content (AvgIpc) is 2.80. The fraction of sp³-hybridized carbons (Fsp3) is 0.333. The Hall–Kier alpha value is -1.94. The van der Waals surface area contributed by atoms with Crippen LogP contribution in [0.2, 0.25) is 0 Å². The van der Waals surface area contributed by atoms with Crippen LogP contribution in [0, 0.1) is 11.6 Å². The summed E-state index contributed by atoms with van der Waals surface area (Å²) in [7, 11) is 0. The van der Waals surface area contributed by atoms with Crippen molar-refractivity contribution >= 4 is 23.3 Å². The SMILES string of the molecule is Cc1ccc(-c2cc3c(=S)n4c(nc3o2)CCCCC4)cc1. The second-order valence-electron chi connectivity index (χ2n) is 5.99. The maximum Gasteiger partial charge on any atom is 0.231 e. The second-order valence-corrected chi connectivity index (χ2v) is 6.38. The van der Waals surface area contributed by atoms with E-state index in [-0.39, 0.29) is 0 Å². The minimum Gasteiger partial charge on any atom is -0.438 e. The molecule has 0 saturated carbocycles. The normalized spacial score (nSPS) is 14.8. The lowest BCUT2D eigenvalue weighted by molar-refractivity contribution is 0.596. The molecule has 4 rings (SSSR count). The van der Waals surface area contributed by atoms with Gasteiger partial charge in [-0.05, 0) is 25.8 Å². The predicted octanol–water partition coefficient (Wildman–Crippen LogP) is 5.06. The van der Waals surface area contributed by atoms with Gasteiger partial charge in [0.15, 0.2) is 0 Å². The Labute approximate surface area is 134 Å². The number of aryl methyl sites for hydroxylation is 2. The van der Waals surface area contributed by atoms with Crippen molar-refractivity contribution in [1.29, 1.82) is 0 Å². The number of furan rings is 1. The lowest BCUT2D eigenvalue weighted by Crippen LogP contribution is -2.07. The topological polar surface area (TPSA) is 31.0 Å². The summed E-state index contributed by atoms with van der Waals surface area (Å²) in [6.07, 6.45) is 4.59. The first-order chi connectivity index (χ1) is 10.7. The van der Waals surface area contributed by atoms with E-state index in [1.807, 2.05) is 6.07 Å². The first-order valence-corrected chi connectivity index (χ1v) is 8.23. The lowest BCUT2D eigenvalue weighted by Gasteiger charge is -2.08. The third kappa shape index (κ3) is 2.28. The van der Waals surface area contributed by atoms with Crippen molar-refractivity contribution in [3.05, 3.63) is 46.4 Å². The van der Waals surface area contributed by atoms with E-state index in [1.165, 1.54) is 24.8 Å². The maximum absolute atomic E-state index is 5.99. The Morgan fingerprint density at radius 2 is 1.95 bits per heavy atom. The zero-order chi connectivity index (χ0) is 15.1. The molecule has 0 unspecified atom stereocenters. The molecular formula is C18H18N2OS. The number of hydrogen-bond acceptors (Lipinski definition) is 3. The van der Waals surface area contributed by atoms with Crippen LogP contribution >= 0.6 is 12.2 Å². The molecule has 0 amide bonds. The minimum absolute atomic E-state index is 0.675. The summed E-state index contributed by atoms with van der Waals surface area (Å²) < 4.78 is 9.05. The maximum atomic E-state index is 5.99. The fourth-order valence-electron chi connectivity index (χ4n) is 3.07. The third-order valence-electron chi connectivity index (χ3n) is 4.35. The van der Waals surface area contributed by atoms with E-state index in [0.717, 1.165) is 40.1 Å². The monoisotopic (exact) mass is 310 g/mol. The fourth-order valence-corrected chi connectivity index (χ4v) is 3.41. The van der Waals surface area contributed by atoms with E-state index < -0.39 is 0 Å². The molecule has 0 aliphatic carbocycles. The van der Waals surface area contributed by atoms with Gasteiger partial charge in [0.05, 0.1) is 5.39 Å². The van der Waals surface area contributed by atoms with E-state index in [0.29, 0.717) is 5.71 Å². The van der Waals surface area contributed by atoms with Crippen LogP contribution < -0.4 is 0 Å². The molecule has 4 heteroatoms. The van der Waals surface area contributed by atoms with Crippen LogP contribution in [0.3, 0.4) is 0 Å². The number of rotatable bonds is 1. The highest BCUT2D eigenvalue weighted by Crippen LogP contribution is 2.29. The Bertz CT molecular complexity index is 890. The van der Waals surface area contributed by atoms with E-state index in [1.54, 1.807) is 0 Å². The molecule has 0 spiro atoms. The smallest absolute Gasteiger partial charge is 0.231 e. The largest absolute Gasteiger partial charge is 0.438 e. The summed E-state index contributed by atoms with van der Waals surface area (Å²) in [6, 6.07) is 10.4. The summed E-state index contributed by atoms with van der Waals surface area (Å²) in [5.41, 5.74) is 2.98. The van der Waals surface area contributed by atoms with Crippen molar-refractivity contribution in [2.24, 2.45) is 0 Å². The molecule has 3 aromatic rings. The summed E-state index contributed by atoms with van der Waals surface area (Å²) in [6.45, 7) is 3.06. The van der Waals surface area contributed by atoms with Gasteiger partial charge in [-0.1, -0.05) is 48.5 Å². The zero-order valence-corrected chi connectivity index (χ0v) is 13.4. The molecule has 3 heterocycles. The molecule has 22 heavy (non-hydrogen) atoms. The van der Waals surface area contributed by atoms with E-state index in [2.05, 4.69) is 35.8 Å². The molecular weight excluding hydrogens is 292 g/mol. The highest BCUT2D eigenvalue weighted by atomic mass is 32.1. The molecule has 3 nitrogen and oxygen atoms in total. The highest BCUT2D eigenvalue weighted by molar-refractivity contribution is 7.71. The van der Waals surface area contributed by atoms with E-state index >= 15 is 0 Å². The van der Waals surface area contributed by atoms with Crippen molar-refractivity contribution in [1.82, 2.24) is 9.55 Å². The summed E-state index contributed by atoms with van der Waals surface area (Å²) in [4.78, 5) is 4.73. The second kappa shape index (κ2) is 5.36. The van der Waals surface area contributed by atoms with Crippen LogP contribution in [0.1, 0.15) is 30.7 Å². The number of aromatic nitrogens is 2. The van der Waals surface area contributed by atoms with Gasteiger partial charge in [0.1, 0.15) is 16.2 Å². The molecule has 1 aliphatic rings. The van der Waals surface area contributed by atoms with E-state index in [4.69, 9.17) is 21.6 Å². The molecule has 0 N–H and O–H groups in total. The van der Waals surface area contributed by atoms with Gasteiger partial charge in [-0.25, -0.2) is 0 Å². The number of benzene rings is 1. The zero-order valence-electron chi connectivity index (χ0n) is 12.6. The Morgan fingerprint density at radius 1 is 1.14 bits per heavy atom. The molecule has 0 bridgehead atoms. The van der Waals surface area contributed by atoms with E-state index in [9.17, 15) is 0 Å².